The number of carbonyl (C=O) groups is 1. The van der Waals surface area contributed by atoms with E-state index in [1.165, 1.54) is 6.07 Å². The minimum atomic E-state index is -2.08. The summed E-state index contributed by atoms with van der Waals surface area (Å²) in [4.78, 5) is 11.9. The monoisotopic (exact) mass is 289 g/mol. The molecule has 0 fully saturated rings. The summed E-state index contributed by atoms with van der Waals surface area (Å²) in [5, 5.41) is 20.0. The summed E-state index contributed by atoms with van der Waals surface area (Å²) in [5.41, 5.74) is 0.936. The van der Waals surface area contributed by atoms with Crippen LogP contribution in [0.2, 0.25) is 0 Å². The summed E-state index contributed by atoms with van der Waals surface area (Å²) in [6.07, 6.45) is 0. The van der Waals surface area contributed by atoms with Crippen LogP contribution in [0.15, 0.2) is 48.5 Å². The Morgan fingerprint density at radius 1 is 1.19 bits per heavy atom. The first-order chi connectivity index (χ1) is 10.0. The van der Waals surface area contributed by atoms with E-state index in [4.69, 9.17) is 10.0 Å². The molecule has 2 aromatic carbocycles. The van der Waals surface area contributed by atoms with Crippen LogP contribution in [0.25, 0.3) is 0 Å². The highest BCUT2D eigenvalue weighted by molar-refractivity contribution is 6.33. The van der Waals surface area contributed by atoms with E-state index in [1.807, 2.05) is 30.3 Å². The van der Waals surface area contributed by atoms with Gasteiger partial charge < -0.3 is 20.0 Å². The highest BCUT2D eigenvalue weighted by atomic mass is 19.1. The van der Waals surface area contributed by atoms with Gasteiger partial charge in [-0.1, -0.05) is 30.3 Å². The second-order valence-electron chi connectivity index (χ2n) is 4.29. The molecule has 0 unspecified atom stereocenters. The first kappa shape index (κ1) is 15.0. The van der Waals surface area contributed by atoms with Gasteiger partial charge in [0.05, 0.1) is 0 Å². The molecule has 0 aromatic heterocycles. The lowest BCUT2D eigenvalue weighted by atomic mass is 10.1. The van der Waals surface area contributed by atoms with Gasteiger partial charge in [-0.25, -0.2) is 4.39 Å². The van der Waals surface area contributed by atoms with Crippen LogP contribution in [-0.4, -0.2) is 23.3 Å². The number of hydrogen-bond acceptors (Lipinski definition) is 4. The average Bonchev–Trinajstić information content (AvgIpc) is 2.44. The van der Waals surface area contributed by atoms with Crippen molar-refractivity contribution < 1.29 is 23.9 Å². The number of hydrogen-bond donors (Lipinski definition) is 3. The molecule has 0 aliphatic carbocycles. The Bertz CT molecular complexity index is 622. The molecule has 3 N–H and O–H groups in total. The molecule has 0 atom stereocenters. The molecule has 108 valence electrons. The van der Waals surface area contributed by atoms with Gasteiger partial charge in [0, 0.05) is 18.2 Å². The summed E-state index contributed by atoms with van der Waals surface area (Å²) < 4.78 is 17.9. The van der Waals surface area contributed by atoms with Crippen LogP contribution < -0.4 is 9.97 Å². The standard InChI is InChI=1S/C14H13BFNO4/c16-12-6-11(7-13(8-12)21-15(19)20)14(18)17-9-10-4-2-1-3-5-10/h1-8,19-20H,9H2,(H,17,18). The molecule has 5 nitrogen and oxygen atoms in total. The molecule has 0 bridgehead atoms. The van der Waals surface area contributed by atoms with E-state index in [0.29, 0.717) is 6.54 Å². The molecular weight excluding hydrogens is 276 g/mol. The number of amides is 1. The molecule has 21 heavy (non-hydrogen) atoms. The zero-order chi connectivity index (χ0) is 15.2. The molecule has 0 saturated carbocycles. The van der Waals surface area contributed by atoms with E-state index in [2.05, 4.69) is 9.97 Å². The van der Waals surface area contributed by atoms with Gasteiger partial charge in [0.1, 0.15) is 11.6 Å². The lowest BCUT2D eigenvalue weighted by Crippen LogP contribution is -2.24. The Morgan fingerprint density at radius 2 is 1.90 bits per heavy atom. The van der Waals surface area contributed by atoms with Gasteiger partial charge in [0.15, 0.2) is 0 Å². The molecule has 2 rings (SSSR count). The SMILES string of the molecule is O=C(NCc1ccccc1)c1cc(F)cc(OB(O)O)c1. The van der Waals surface area contributed by atoms with Gasteiger partial charge in [0.25, 0.3) is 5.91 Å². The minimum absolute atomic E-state index is 0.0292. The Hall–Kier alpha value is -2.38. The molecule has 0 spiro atoms. The predicted octanol–water partition coefficient (Wildman–Crippen LogP) is 1.10. The molecule has 0 radical (unpaired) electrons. The first-order valence-electron chi connectivity index (χ1n) is 6.20. The number of halogens is 1. The zero-order valence-corrected chi connectivity index (χ0v) is 11.0. The Labute approximate surface area is 121 Å². The molecule has 2 aromatic rings. The maximum Gasteiger partial charge on any atom is 0.707 e. The van der Waals surface area contributed by atoms with Crippen molar-refractivity contribution in [2.24, 2.45) is 0 Å². The fraction of sp³-hybridized carbons (Fsp3) is 0.0714. The Kier molecular flexibility index (Phi) is 4.92. The van der Waals surface area contributed by atoms with Crippen molar-refractivity contribution in [1.82, 2.24) is 5.32 Å². The number of benzene rings is 2. The summed E-state index contributed by atoms with van der Waals surface area (Å²) in [5.74, 6) is -1.34. The Balaban J connectivity index is 2.06. The fourth-order valence-corrected chi connectivity index (χ4v) is 1.76. The average molecular weight is 289 g/mol. The second-order valence-corrected chi connectivity index (χ2v) is 4.29. The van der Waals surface area contributed by atoms with Crippen LogP contribution in [-0.2, 0) is 6.54 Å². The van der Waals surface area contributed by atoms with Crippen LogP contribution >= 0.6 is 0 Å². The molecule has 0 heterocycles. The summed E-state index contributed by atoms with van der Waals surface area (Å²) in [6, 6.07) is 12.5. The van der Waals surface area contributed by atoms with Crippen LogP contribution in [0.4, 0.5) is 4.39 Å². The van der Waals surface area contributed by atoms with Crippen LogP contribution in [0, 0.1) is 5.82 Å². The van der Waals surface area contributed by atoms with E-state index < -0.39 is 19.0 Å². The van der Waals surface area contributed by atoms with Crippen molar-refractivity contribution in [2.75, 3.05) is 0 Å². The van der Waals surface area contributed by atoms with Crippen molar-refractivity contribution in [3.8, 4) is 5.75 Å². The molecular formula is C14H13BFNO4. The van der Waals surface area contributed by atoms with E-state index in [-0.39, 0.29) is 11.3 Å². The maximum atomic E-state index is 13.4. The van der Waals surface area contributed by atoms with Crippen molar-refractivity contribution >= 4 is 13.2 Å². The number of carbonyl (C=O) groups excluding carboxylic acids is 1. The van der Waals surface area contributed by atoms with Gasteiger partial charge in [-0.15, -0.1) is 0 Å². The molecule has 7 heteroatoms. The van der Waals surface area contributed by atoms with Crippen molar-refractivity contribution in [2.45, 2.75) is 6.54 Å². The van der Waals surface area contributed by atoms with E-state index in [1.54, 1.807) is 0 Å². The van der Waals surface area contributed by atoms with Crippen LogP contribution in [0.1, 0.15) is 15.9 Å². The fourth-order valence-electron chi connectivity index (χ4n) is 1.76. The van der Waals surface area contributed by atoms with Gasteiger partial charge in [-0.05, 0) is 17.7 Å². The quantitative estimate of drug-likeness (QED) is 0.720. The summed E-state index contributed by atoms with van der Waals surface area (Å²) >= 11 is 0. The van der Waals surface area contributed by atoms with Crippen LogP contribution in [0.3, 0.4) is 0 Å². The summed E-state index contributed by atoms with van der Waals surface area (Å²) in [7, 11) is -2.08. The molecule has 1 amide bonds. The third-order valence-electron chi connectivity index (χ3n) is 2.67. The van der Waals surface area contributed by atoms with Gasteiger partial charge in [-0.2, -0.15) is 0 Å². The normalized spacial score (nSPS) is 10.0. The van der Waals surface area contributed by atoms with Gasteiger partial charge in [-0.3, -0.25) is 4.79 Å². The highest BCUT2D eigenvalue weighted by Gasteiger charge is 2.15. The first-order valence-corrected chi connectivity index (χ1v) is 6.20. The Morgan fingerprint density at radius 3 is 2.57 bits per heavy atom. The summed E-state index contributed by atoms with van der Waals surface area (Å²) in [6.45, 7) is 0.301. The van der Waals surface area contributed by atoms with Gasteiger partial charge >= 0.3 is 7.32 Å². The smallest absolute Gasteiger partial charge is 0.512 e. The van der Waals surface area contributed by atoms with E-state index >= 15 is 0 Å². The second kappa shape index (κ2) is 6.87. The van der Waals surface area contributed by atoms with Crippen molar-refractivity contribution in [3.63, 3.8) is 0 Å². The molecule has 0 aliphatic heterocycles. The topological polar surface area (TPSA) is 78.8 Å². The number of rotatable bonds is 5. The molecule has 0 aliphatic rings. The number of nitrogens with one attached hydrogen (secondary N) is 1. The third-order valence-corrected chi connectivity index (χ3v) is 2.67. The van der Waals surface area contributed by atoms with E-state index in [9.17, 15) is 9.18 Å². The van der Waals surface area contributed by atoms with Crippen molar-refractivity contribution in [3.05, 3.63) is 65.5 Å². The zero-order valence-electron chi connectivity index (χ0n) is 11.0. The highest BCUT2D eigenvalue weighted by Crippen LogP contribution is 2.17. The molecule has 0 saturated heterocycles. The minimum Gasteiger partial charge on any atom is -0.512 e. The third kappa shape index (κ3) is 4.59. The van der Waals surface area contributed by atoms with E-state index in [0.717, 1.165) is 17.7 Å². The van der Waals surface area contributed by atoms with Gasteiger partial charge in [0.2, 0.25) is 0 Å². The lowest BCUT2D eigenvalue weighted by molar-refractivity contribution is 0.0950. The largest absolute Gasteiger partial charge is 0.707 e. The van der Waals surface area contributed by atoms with Crippen molar-refractivity contribution in [1.29, 1.82) is 0 Å². The maximum absolute atomic E-state index is 13.4. The predicted molar refractivity (Wildman–Crippen MR) is 74.8 cm³/mol. The lowest BCUT2D eigenvalue weighted by Gasteiger charge is -2.09. The van der Waals surface area contributed by atoms with Crippen LogP contribution in [0.5, 0.6) is 5.75 Å².